The van der Waals surface area contributed by atoms with Crippen molar-refractivity contribution in [1.29, 1.82) is 0 Å². The number of hydrogen-bond acceptors (Lipinski definition) is 5. The lowest BCUT2D eigenvalue weighted by atomic mass is 9.89. The van der Waals surface area contributed by atoms with Gasteiger partial charge in [-0.1, -0.05) is 19.4 Å². The first-order chi connectivity index (χ1) is 12.0. The molecule has 2 N–H and O–H groups in total. The first kappa shape index (κ1) is 20.3. The van der Waals surface area contributed by atoms with Crippen LogP contribution in [0, 0.1) is 11.6 Å². The molecule has 0 aliphatic carbocycles. The van der Waals surface area contributed by atoms with Crippen LogP contribution in [-0.4, -0.2) is 39.7 Å². The minimum absolute atomic E-state index is 0.0673. The molecule has 144 valence electrons. The van der Waals surface area contributed by atoms with Crippen LogP contribution in [0.5, 0.6) is 0 Å². The summed E-state index contributed by atoms with van der Waals surface area (Å²) >= 11 is 0. The van der Waals surface area contributed by atoms with E-state index in [4.69, 9.17) is 0 Å². The second-order valence-electron chi connectivity index (χ2n) is 5.78. The highest BCUT2D eigenvalue weighted by atomic mass is 32.2. The van der Waals surface area contributed by atoms with Gasteiger partial charge in [-0.05, 0) is 12.5 Å². The van der Waals surface area contributed by atoms with Gasteiger partial charge < -0.3 is 5.11 Å². The third kappa shape index (κ3) is 3.58. The number of unbranched alkanes of at least 4 members (excludes halogenated alkanes) is 1. The Balaban J connectivity index is 2.63. The molecule has 0 amide bonds. The summed E-state index contributed by atoms with van der Waals surface area (Å²) in [5.74, 6) is -3.76. The number of sulfone groups is 1. The standard InChI is InChI=1S/C15H17F4N3O3S/c1-2-3-6-26(24,25)15(18,19)14(23,8-13-20-9-21-22-13)11-5-4-10(16)7-12(11)17/h4-5,7,9,23H,2-3,6,8H2,1H3,(H,20,21,22)/t14-/m1/s1. The zero-order valence-corrected chi connectivity index (χ0v) is 14.5. The molecule has 0 fully saturated rings. The summed E-state index contributed by atoms with van der Waals surface area (Å²) in [5, 5.41) is 11.6. The SMILES string of the molecule is CCCCS(=O)(=O)C(F)(F)[C@@](O)(Cc1ncn[nH]1)c1ccc(F)cc1F. The molecular weight excluding hydrogens is 378 g/mol. The van der Waals surface area contributed by atoms with Crippen molar-refractivity contribution < 1.29 is 31.1 Å². The number of aliphatic hydroxyl groups is 1. The molecule has 0 unspecified atom stereocenters. The maximum absolute atomic E-state index is 15.0. The van der Waals surface area contributed by atoms with Crippen molar-refractivity contribution in [2.24, 2.45) is 0 Å². The monoisotopic (exact) mass is 395 g/mol. The molecule has 26 heavy (non-hydrogen) atoms. The molecule has 1 aromatic carbocycles. The number of hydrogen-bond donors (Lipinski definition) is 2. The van der Waals surface area contributed by atoms with Crippen molar-refractivity contribution in [3.8, 4) is 0 Å². The highest BCUT2D eigenvalue weighted by Gasteiger charge is 2.63. The molecular formula is C15H17F4N3O3S. The summed E-state index contributed by atoms with van der Waals surface area (Å²) in [5.41, 5.74) is -4.57. The predicted molar refractivity (Wildman–Crippen MR) is 84.0 cm³/mol. The average Bonchev–Trinajstić information content (AvgIpc) is 3.05. The van der Waals surface area contributed by atoms with Gasteiger partial charge in [-0.15, -0.1) is 0 Å². The van der Waals surface area contributed by atoms with E-state index in [0.717, 1.165) is 6.33 Å². The van der Waals surface area contributed by atoms with Crippen LogP contribution < -0.4 is 0 Å². The first-order valence-electron chi connectivity index (χ1n) is 7.67. The number of nitrogens with one attached hydrogen (secondary N) is 1. The smallest absolute Gasteiger partial charge is 0.377 e. The van der Waals surface area contributed by atoms with Crippen molar-refractivity contribution in [2.75, 3.05) is 5.75 Å². The van der Waals surface area contributed by atoms with E-state index in [1.54, 1.807) is 6.92 Å². The number of aromatic amines is 1. The van der Waals surface area contributed by atoms with E-state index in [2.05, 4.69) is 15.2 Å². The maximum atomic E-state index is 15.0. The fraction of sp³-hybridized carbons (Fsp3) is 0.467. The fourth-order valence-electron chi connectivity index (χ4n) is 2.46. The number of halogens is 4. The lowest BCUT2D eigenvalue weighted by Crippen LogP contribution is -2.53. The average molecular weight is 395 g/mol. The van der Waals surface area contributed by atoms with Crippen LogP contribution in [0.2, 0.25) is 0 Å². The Bertz CT molecular complexity index is 859. The van der Waals surface area contributed by atoms with Gasteiger partial charge in [0, 0.05) is 18.1 Å². The third-order valence-corrected chi connectivity index (χ3v) is 5.85. The van der Waals surface area contributed by atoms with Gasteiger partial charge in [0.05, 0.1) is 5.75 Å². The van der Waals surface area contributed by atoms with Crippen LogP contribution in [0.1, 0.15) is 31.2 Å². The molecule has 0 bridgehead atoms. The largest absolute Gasteiger partial charge is 0.377 e. The van der Waals surface area contributed by atoms with E-state index in [0.29, 0.717) is 18.6 Å². The van der Waals surface area contributed by atoms with Gasteiger partial charge in [0.2, 0.25) is 9.84 Å². The Morgan fingerprint density at radius 3 is 2.50 bits per heavy atom. The van der Waals surface area contributed by atoms with Gasteiger partial charge in [0.1, 0.15) is 23.8 Å². The van der Waals surface area contributed by atoms with Crippen LogP contribution in [0.15, 0.2) is 24.5 Å². The van der Waals surface area contributed by atoms with Crippen molar-refractivity contribution in [2.45, 2.75) is 37.0 Å². The van der Waals surface area contributed by atoms with Crippen LogP contribution in [-0.2, 0) is 21.9 Å². The summed E-state index contributed by atoms with van der Waals surface area (Å²) in [7, 11) is -5.16. The Morgan fingerprint density at radius 2 is 1.96 bits per heavy atom. The summed E-state index contributed by atoms with van der Waals surface area (Å²) in [4.78, 5) is 3.58. The first-order valence-corrected chi connectivity index (χ1v) is 9.32. The molecule has 0 aliphatic rings. The van der Waals surface area contributed by atoms with Crippen LogP contribution in [0.25, 0.3) is 0 Å². The fourth-order valence-corrected chi connectivity index (χ4v) is 4.08. The maximum Gasteiger partial charge on any atom is 0.377 e. The predicted octanol–water partition coefficient (Wildman–Crippen LogP) is 2.32. The van der Waals surface area contributed by atoms with E-state index < -0.39 is 50.1 Å². The van der Waals surface area contributed by atoms with Gasteiger partial charge in [-0.25, -0.2) is 22.2 Å². The number of alkyl halides is 2. The minimum atomic E-state index is -5.16. The van der Waals surface area contributed by atoms with Crippen molar-refractivity contribution in [3.63, 3.8) is 0 Å². The van der Waals surface area contributed by atoms with Crippen molar-refractivity contribution >= 4 is 9.84 Å². The number of aromatic nitrogens is 3. The summed E-state index contributed by atoms with van der Waals surface area (Å²) < 4.78 is 81.6. The van der Waals surface area contributed by atoms with Crippen LogP contribution in [0.3, 0.4) is 0 Å². The normalized spacial score (nSPS) is 15.0. The van der Waals surface area contributed by atoms with Crippen LogP contribution in [0.4, 0.5) is 17.6 Å². The van der Waals surface area contributed by atoms with Crippen molar-refractivity contribution in [3.05, 3.63) is 47.5 Å². The lowest BCUT2D eigenvalue weighted by molar-refractivity contribution is -0.134. The quantitative estimate of drug-likeness (QED) is 0.669. The number of benzene rings is 1. The second-order valence-corrected chi connectivity index (χ2v) is 7.93. The zero-order chi connectivity index (χ0) is 19.6. The van der Waals surface area contributed by atoms with Crippen molar-refractivity contribution in [1.82, 2.24) is 15.2 Å². The van der Waals surface area contributed by atoms with Gasteiger partial charge in [-0.3, -0.25) is 5.10 Å². The second kappa shape index (κ2) is 7.31. The molecule has 0 saturated carbocycles. The molecule has 6 nitrogen and oxygen atoms in total. The third-order valence-electron chi connectivity index (χ3n) is 3.90. The molecule has 2 rings (SSSR count). The molecule has 0 spiro atoms. The highest BCUT2D eigenvalue weighted by molar-refractivity contribution is 7.92. The Labute approximate surface area is 147 Å². The molecule has 1 aromatic heterocycles. The molecule has 0 aliphatic heterocycles. The Morgan fingerprint density at radius 1 is 1.27 bits per heavy atom. The summed E-state index contributed by atoms with van der Waals surface area (Å²) in [6.45, 7) is 1.61. The van der Waals surface area contributed by atoms with E-state index >= 15 is 0 Å². The molecule has 1 atom stereocenters. The van der Waals surface area contributed by atoms with Gasteiger partial charge in [-0.2, -0.15) is 13.9 Å². The molecule has 1 heterocycles. The van der Waals surface area contributed by atoms with E-state index in [1.807, 2.05) is 0 Å². The van der Waals surface area contributed by atoms with Gasteiger partial charge in [0.25, 0.3) is 0 Å². The zero-order valence-electron chi connectivity index (χ0n) is 13.7. The Hall–Kier alpha value is -2.01. The summed E-state index contributed by atoms with van der Waals surface area (Å²) in [6.07, 6.45) is 0.136. The van der Waals surface area contributed by atoms with E-state index in [-0.39, 0.29) is 18.3 Å². The lowest BCUT2D eigenvalue weighted by Gasteiger charge is -2.35. The van der Waals surface area contributed by atoms with Gasteiger partial charge in [0.15, 0.2) is 5.60 Å². The molecule has 0 saturated heterocycles. The Kier molecular flexibility index (Phi) is 5.71. The minimum Gasteiger partial charge on any atom is -0.377 e. The molecule has 2 aromatic rings. The number of rotatable bonds is 8. The highest BCUT2D eigenvalue weighted by Crippen LogP contribution is 2.45. The summed E-state index contributed by atoms with van der Waals surface area (Å²) in [6, 6.07) is 1.53. The van der Waals surface area contributed by atoms with Crippen LogP contribution >= 0.6 is 0 Å². The van der Waals surface area contributed by atoms with E-state index in [9.17, 15) is 31.1 Å². The number of H-pyrrole nitrogens is 1. The van der Waals surface area contributed by atoms with E-state index in [1.165, 1.54) is 0 Å². The van der Waals surface area contributed by atoms with Gasteiger partial charge >= 0.3 is 5.25 Å². The molecule has 0 radical (unpaired) electrons. The number of nitrogens with zero attached hydrogens (tertiary/aromatic N) is 2. The topological polar surface area (TPSA) is 95.9 Å². The molecule has 11 heteroatoms.